The van der Waals surface area contributed by atoms with E-state index in [1.165, 1.54) is 18.2 Å². The van der Waals surface area contributed by atoms with E-state index in [2.05, 4.69) is 10.1 Å². The molecule has 0 aromatic heterocycles. The van der Waals surface area contributed by atoms with Gasteiger partial charge in [-0.3, -0.25) is 4.79 Å². The molecule has 2 aromatic rings. The van der Waals surface area contributed by atoms with Crippen LogP contribution in [0.2, 0.25) is 0 Å². The van der Waals surface area contributed by atoms with Crippen molar-refractivity contribution in [3.05, 3.63) is 65.7 Å². The quantitative estimate of drug-likeness (QED) is 0.596. The highest BCUT2D eigenvalue weighted by molar-refractivity contribution is 6.04. The molecule has 0 atom stereocenters. The average molecular weight is 379 g/mol. The Hall–Kier alpha value is -3.29. The predicted octanol–water partition coefficient (Wildman–Crippen LogP) is 4.41. The van der Waals surface area contributed by atoms with Crippen LogP contribution in [0.15, 0.2) is 54.6 Å². The van der Waals surface area contributed by atoms with Crippen LogP contribution in [0.5, 0.6) is 5.75 Å². The van der Waals surface area contributed by atoms with Crippen molar-refractivity contribution in [3.63, 3.8) is 0 Å². The third-order valence-corrected chi connectivity index (χ3v) is 3.22. The van der Waals surface area contributed by atoms with Gasteiger partial charge in [0.25, 0.3) is 5.91 Å². The van der Waals surface area contributed by atoms with Crippen molar-refractivity contribution in [1.29, 1.82) is 0 Å². The van der Waals surface area contributed by atoms with Gasteiger partial charge in [-0.2, -0.15) is 0 Å². The average Bonchev–Trinajstić information content (AvgIpc) is 2.60. The van der Waals surface area contributed by atoms with Crippen molar-refractivity contribution >= 4 is 23.6 Å². The van der Waals surface area contributed by atoms with Crippen molar-refractivity contribution in [3.8, 4) is 5.75 Å². The Morgan fingerprint density at radius 2 is 1.67 bits per heavy atom. The Morgan fingerprint density at radius 3 is 2.22 bits per heavy atom. The van der Waals surface area contributed by atoms with Crippen LogP contribution in [0.4, 0.5) is 18.9 Å². The van der Waals surface area contributed by atoms with Crippen LogP contribution in [0.3, 0.4) is 0 Å². The molecule has 1 amide bonds. The monoisotopic (exact) mass is 379 g/mol. The van der Waals surface area contributed by atoms with E-state index >= 15 is 0 Å². The summed E-state index contributed by atoms with van der Waals surface area (Å²) in [6, 6.07) is 11.2. The van der Waals surface area contributed by atoms with E-state index in [0.29, 0.717) is 5.69 Å². The van der Waals surface area contributed by atoms with Crippen molar-refractivity contribution in [2.45, 2.75) is 13.3 Å². The van der Waals surface area contributed by atoms with Gasteiger partial charge in [0, 0.05) is 17.3 Å². The van der Waals surface area contributed by atoms with Crippen LogP contribution >= 0.6 is 0 Å². The fraction of sp³-hybridized carbons (Fsp3) is 0.158. The van der Waals surface area contributed by atoms with E-state index in [4.69, 9.17) is 4.74 Å². The summed E-state index contributed by atoms with van der Waals surface area (Å²) in [7, 11) is 0. The third kappa shape index (κ3) is 6.85. The van der Waals surface area contributed by atoms with Crippen LogP contribution in [0.1, 0.15) is 22.8 Å². The van der Waals surface area contributed by atoms with Gasteiger partial charge >= 0.3 is 12.3 Å². The number of rotatable bonds is 6. The normalized spacial score (nSPS) is 11.3. The van der Waals surface area contributed by atoms with Gasteiger partial charge < -0.3 is 14.8 Å². The van der Waals surface area contributed by atoms with Gasteiger partial charge in [0.2, 0.25) is 0 Å². The Morgan fingerprint density at radius 1 is 1.04 bits per heavy atom. The number of amides is 1. The number of carbonyl (C=O) groups is 2. The second-order valence-corrected chi connectivity index (χ2v) is 5.23. The van der Waals surface area contributed by atoms with Gasteiger partial charge in [0.15, 0.2) is 0 Å². The van der Waals surface area contributed by atoms with Gasteiger partial charge in [0.05, 0.1) is 6.61 Å². The first-order valence-corrected chi connectivity index (χ1v) is 7.89. The minimum absolute atomic E-state index is 0.177. The first-order valence-electron chi connectivity index (χ1n) is 7.89. The highest BCUT2D eigenvalue weighted by Crippen LogP contribution is 2.23. The fourth-order valence-electron chi connectivity index (χ4n) is 2.04. The van der Waals surface area contributed by atoms with Crippen LogP contribution < -0.4 is 10.1 Å². The van der Waals surface area contributed by atoms with Gasteiger partial charge in [0.1, 0.15) is 5.75 Å². The maximum atomic E-state index is 12.1. The lowest BCUT2D eigenvalue weighted by Gasteiger charge is -2.09. The molecule has 0 heterocycles. The second-order valence-electron chi connectivity index (χ2n) is 5.23. The zero-order valence-corrected chi connectivity index (χ0v) is 14.2. The predicted molar refractivity (Wildman–Crippen MR) is 93.2 cm³/mol. The number of nitrogens with one attached hydrogen (secondary N) is 1. The van der Waals surface area contributed by atoms with Gasteiger partial charge in [-0.15, -0.1) is 13.2 Å². The molecule has 5 nitrogen and oxygen atoms in total. The number of hydrogen-bond donors (Lipinski definition) is 1. The molecule has 0 fully saturated rings. The molecular formula is C19H16F3NO4. The van der Waals surface area contributed by atoms with E-state index in [1.54, 1.807) is 37.3 Å². The summed E-state index contributed by atoms with van der Waals surface area (Å²) in [5.74, 6) is -1.34. The van der Waals surface area contributed by atoms with E-state index in [9.17, 15) is 22.8 Å². The molecule has 0 spiro atoms. The number of anilines is 1. The fourth-order valence-corrected chi connectivity index (χ4v) is 2.04. The minimum Gasteiger partial charge on any atom is -0.463 e. The van der Waals surface area contributed by atoms with Crippen LogP contribution in [0.25, 0.3) is 6.08 Å². The summed E-state index contributed by atoms with van der Waals surface area (Å²) < 4.78 is 44.9. The number of esters is 1. The topological polar surface area (TPSA) is 64.6 Å². The van der Waals surface area contributed by atoms with E-state index in [1.807, 2.05) is 0 Å². The van der Waals surface area contributed by atoms with Crippen molar-refractivity contribution in [2.75, 3.05) is 11.9 Å². The molecule has 142 valence electrons. The molecule has 0 saturated carbocycles. The summed E-state index contributed by atoms with van der Waals surface area (Å²) in [4.78, 5) is 23.4. The molecule has 0 radical (unpaired) electrons. The summed E-state index contributed by atoms with van der Waals surface area (Å²) >= 11 is 0. The molecule has 2 aromatic carbocycles. The number of alkyl halides is 3. The molecule has 1 N–H and O–H groups in total. The Labute approximate surface area is 153 Å². The van der Waals surface area contributed by atoms with Gasteiger partial charge in [-0.1, -0.05) is 12.1 Å². The second kappa shape index (κ2) is 8.88. The van der Waals surface area contributed by atoms with Crippen LogP contribution in [0, 0.1) is 0 Å². The van der Waals surface area contributed by atoms with Crippen LogP contribution in [-0.4, -0.2) is 24.8 Å². The number of halogens is 3. The Kier molecular flexibility index (Phi) is 6.59. The molecule has 27 heavy (non-hydrogen) atoms. The molecule has 0 saturated heterocycles. The summed E-state index contributed by atoms with van der Waals surface area (Å²) in [5.41, 5.74) is 1.40. The van der Waals surface area contributed by atoms with Crippen molar-refractivity contribution in [2.24, 2.45) is 0 Å². The van der Waals surface area contributed by atoms with Crippen molar-refractivity contribution < 1.29 is 32.2 Å². The molecule has 0 aliphatic carbocycles. The number of ether oxygens (including phenoxy) is 2. The molecule has 0 unspecified atom stereocenters. The Balaban J connectivity index is 1.96. The first kappa shape index (κ1) is 20.0. The van der Waals surface area contributed by atoms with E-state index in [-0.39, 0.29) is 12.2 Å². The lowest BCUT2D eigenvalue weighted by Crippen LogP contribution is -2.17. The highest BCUT2D eigenvalue weighted by Gasteiger charge is 2.31. The first-order chi connectivity index (χ1) is 12.8. The lowest BCUT2D eigenvalue weighted by molar-refractivity contribution is -0.274. The molecule has 8 heteroatoms. The SMILES string of the molecule is CCOC(=O)C=Cc1ccc(NC(=O)c2ccc(OC(F)(F)F)cc2)cc1. The molecular weight excluding hydrogens is 363 g/mol. The van der Waals surface area contributed by atoms with Crippen molar-refractivity contribution in [1.82, 2.24) is 0 Å². The largest absolute Gasteiger partial charge is 0.573 e. The molecule has 2 rings (SSSR count). The molecule has 0 aliphatic rings. The van der Waals surface area contributed by atoms with Gasteiger partial charge in [-0.05, 0) is 55.0 Å². The standard InChI is InChI=1S/C19H16F3NO4/c1-2-26-17(24)12-5-13-3-8-15(9-4-13)23-18(25)14-6-10-16(11-7-14)27-19(20,21)22/h3-12H,2H2,1H3,(H,23,25). The van der Waals surface area contributed by atoms with E-state index < -0.39 is 24.0 Å². The zero-order valence-electron chi connectivity index (χ0n) is 14.2. The maximum Gasteiger partial charge on any atom is 0.573 e. The van der Waals surface area contributed by atoms with Gasteiger partial charge in [-0.25, -0.2) is 4.79 Å². The molecule has 0 aliphatic heterocycles. The zero-order chi connectivity index (χ0) is 19.9. The van der Waals surface area contributed by atoms with Crippen LogP contribution in [-0.2, 0) is 9.53 Å². The third-order valence-electron chi connectivity index (χ3n) is 3.22. The summed E-state index contributed by atoms with van der Waals surface area (Å²) in [6.07, 6.45) is -1.92. The number of hydrogen-bond acceptors (Lipinski definition) is 4. The maximum absolute atomic E-state index is 12.1. The smallest absolute Gasteiger partial charge is 0.463 e. The Bertz CT molecular complexity index is 812. The molecule has 0 bridgehead atoms. The number of carbonyl (C=O) groups excluding carboxylic acids is 2. The summed E-state index contributed by atoms with van der Waals surface area (Å²) in [5, 5.41) is 2.62. The lowest BCUT2D eigenvalue weighted by atomic mass is 10.1. The number of benzene rings is 2. The summed E-state index contributed by atoms with van der Waals surface area (Å²) in [6.45, 7) is 2.00. The highest BCUT2D eigenvalue weighted by atomic mass is 19.4. The minimum atomic E-state index is -4.78. The van der Waals surface area contributed by atoms with E-state index in [0.717, 1.165) is 17.7 Å².